The quantitative estimate of drug-likeness (QED) is 0.558. The van der Waals surface area contributed by atoms with Crippen molar-refractivity contribution in [3.8, 4) is 0 Å². The fourth-order valence-corrected chi connectivity index (χ4v) is 3.18. The number of hydrogen-bond acceptors (Lipinski definition) is 3. The first-order valence-electron chi connectivity index (χ1n) is 8.53. The third-order valence-electron chi connectivity index (χ3n) is 4.56. The highest BCUT2D eigenvalue weighted by Crippen LogP contribution is 2.27. The highest BCUT2D eigenvalue weighted by atomic mass is 16.5. The van der Waals surface area contributed by atoms with Gasteiger partial charge in [0, 0.05) is 18.4 Å². The Morgan fingerprint density at radius 2 is 1.83 bits per heavy atom. The molecule has 0 N–H and O–H groups in total. The van der Waals surface area contributed by atoms with Gasteiger partial charge in [-0.15, -0.1) is 0 Å². The number of rotatable bonds is 7. The van der Waals surface area contributed by atoms with Crippen LogP contribution >= 0.6 is 0 Å². The van der Waals surface area contributed by atoms with Crippen molar-refractivity contribution in [3.05, 3.63) is 47.5 Å². The van der Waals surface area contributed by atoms with Crippen molar-refractivity contribution in [2.75, 3.05) is 7.11 Å². The lowest BCUT2D eigenvalue weighted by molar-refractivity contribution is -0.134. The van der Waals surface area contributed by atoms with Crippen LogP contribution in [-0.2, 0) is 20.7 Å². The van der Waals surface area contributed by atoms with E-state index in [1.54, 1.807) is 0 Å². The summed E-state index contributed by atoms with van der Waals surface area (Å²) in [5.74, 6) is 0.0962. The monoisotopic (exact) mass is 314 g/mol. The summed E-state index contributed by atoms with van der Waals surface area (Å²) in [6, 6.07) is 10.1. The van der Waals surface area contributed by atoms with E-state index >= 15 is 0 Å². The normalized spacial score (nSPS) is 16.1. The Morgan fingerprint density at radius 3 is 2.48 bits per heavy atom. The standard InChI is InChI=1S/C20H26O3/c1-23-20(22)15-17(13-12-16-8-4-2-5-9-16)14-19(21)18-10-6-3-7-11-18/h2,4-5,8-9,15,18H,3,6-7,10-14H2,1H3/b17-15+. The van der Waals surface area contributed by atoms with E-state index in [1.165, 1.54) is 25.2 Å². The first kappa shape index (κ1) is 17.5. The van der Waals surface area contributed by atoms with Gasteiger partial charge < -0.3 is 4.74 Å². The third kappa shape index (κ3) is 6.01. The van der Waals surface area contributed by atoms with Gasteiger partial charge in [0.2, 0.25) is 0 Å². The maximum atomic E-state index is 12.5. The summed E-state index contributed by atoms with van der Waals surface area (Å²) in [4.78, 5) is 24.1. The van der Waals surface area contributed by atoms with Gasteiger partial charge in [-0.25, -0.2) is 4.79 Å². The van der Waals surface area contributed by atoms with Crippen molar-refractivity contribution < 1.29 is 14.3 Å². The van der Waals surface area contributed by atoms with Gasteiger partial charge in [0.25, 0.3) is 0 Å². The molecule has 2 rings (SSSR count). The van der Waals surface area contributed by atoms with Gasteiger partial charge in [-0.2, -0.15) is 0 Å². The second-order valence-electron chi connectivity index (χ2n) is 6.29. The zero-order chi connectivity index (χ0) is 16.5. The Hall–Kier alpha value is -1.90. The summed E-state index contributed by atoms with van der Waals surface area (Å²) in [6.45, 7) is 0. The zero-order valence-corrected chi connectivity index (χ0v) is 13.9. The van der Waals surface area contributed by atoms with Crippen LogP contribution in [0, 0.1) is 5.92 Å². The molecule has 1 saturated carbocycles. The van der Waals surface area contributed by atoms with Crippen molar-refractivity contribution in [2.45, 2.75) is 51.4 Å². The number of esters is 1. The first-order valence-corrected chi connectivity index (χ1v) is 8.53. The number of ether oxygens (including phenoxy) is 1. The Morgan fingerprint density at radius 1 is 1.13 bits per heavy atom. The van der Waals surface area contributed by atoms with Crippen LogP contribution in [0.3, 0.4) is 0 Å². The predicted molar refractivity (Wildman–Crippen MR) is 91.1 cm³/mol. The summed E-state index contributed by atoms with van der Waals surface area (Å²) >= 11 is 0. The predicted octanol–water partition coefficient (Wildman–Crippen LogP) is 4.26. The zero-order valence-electron chi connectivity index (χ0n) is 13.9. The van der Waals surface area contributed by atoms with Crippen molar-refractivity contribution in [3.63, 3.8) is 0 Å². The fraction of sp³-hybridized carbons (Fsp3) is 0.500. The van der Waals surface area contributed by atoms with Crippen LogP contribution in [-0.4, -0.2) is 18.9 Å². The van der Waals surface area contributed by atoms with Crippen LogP contribution in [0.4, 0.5) is 0 Å². The van der Waals surface area contributed by atoms with Gasteiger partial charge >= 0.3 is 5.97 Å². The second kappa shape index (κ2) is 9.29. The maximum Gasteiger partial charge on any atom is 0.330 e. The van der Waals surface area contributed by atoms with Gasteiger partial charge in [0.15, 0.2) is 0 Å². The average molecular weight is 314 g/mol. The van der Waals surface area contributed by atoms with Gasteiger partial charge in [-0.3, -0.25) is 4.79 Å². The summed E-state index contributed by atoms with van der Waals surface area (Å²) in [7, 11) is 1.37. The van der Waals surface area contributed by atoms with E-state index in [0.717, 1.165) is 44.1 Å². The fourth-order valence-electron chi connectivity index (χ4n) is 3.18. The van der Waals surface area contributed by atoms with Crippen molar-refractivity contribution in [1.29, 1.82) is 0 Å². The highest BCUT2D eigenvalue weighted by molar-refractivity contribution is 5.87. The molecule has 0 radical (unpaired) electrons. The number of carbonyl (C=O) groups excluding carboxylic acids is 2. The SMILES string of the molecule is COC(=O)/C=C(\CCc1ccccc1)CC(=O)C1CCCCC1. The van der Waals surface area contributed by atoms with Crippen molar-refractivity contribution in [1.82, 2.24) is 0 Å². The maximum absolute atomic E-state index is 12.5. The molecule has 3 nitrogen and oxygen atoms in total. The molecular formula is C20H26O3. The molecular weight excluding hydrogens is 288 g/mol. The Bertz CT molecular complexity index is 539. The van der Waals surface area contributed by atoms with E-state index < -0.39 is 0 Å². The molecule has 23 heavy (non-hydrogen) atoms. The highest BCUT2D eigenvalue weighted by Gasteiger charge is 2.22. The molecule has 1 aromatic rings. The molecule has 0 aliphatic heterocycles. The number of methoxy groups -OCH3 is 1. The lowest BCUT2D eigenvalue weighted by atomic mass is 9.83. The molecule has 1 aliphatic rings. The number of hydrogen-bond donors (Lipinski definition) is 0. The van der Waals surface area contributed by atoms with Crippen LogP contribution in [0.15, 0.2) is 42.0 Å². The van der Waals surface area contributed by atoms with Gasteiger partial charge in [0.1, 0.15) is 5.78 Å². The first-order chi connectivity index (χ1) is 11.2. The van der Waals surface area contributed by atoms with Crippen LogP contribution in [0.1, 0.15) is 50.5 Å². The molecule has 1 fully saturated rings. The molecule has 0 unspecified atom stereocenters. The molecule has 0 heterocycles. The third-order valence-corrected chi connectivity index (χ3v) is 4.56. The molecule has 0 amide bonds. The number of ketones is 1. The smallest absolute Gasteiger partial charge is 0.330 e. The Balaban J connectivity index is 1.97. The lowest BCUT2D eigenvalue weighted by Gasteiger charge is -2.20. The van der Waals surface area contributed by atoms with Crippen LogP contribution in [0.5, 0.6) is 0 Å². The van der Waals surface area contributed by atoms with Crippen LogP contribution in [0.2, 0.25) is 0 Å². The second-order valence-corrected chi connectivity index (χ2v) is 6.29. The number of allylic oxidation sites excluding steroid dienone is 1. The summed E-state index contributed by atoms with van der Waals surface area (Å²) in [5.41, 5.74) is 2.10. The minimum absolute atomic E-state index is 0.182. The van der Waals surface area contributed by atoms with E-state index in [-0.39, 0.29) is 17.7 Å². The number of Topliss-reactive ketones (excluding diaryl/α,β-unsaturated/α-hetero) is 1. The molecule has 1 aliphatic carbocycles. The average Bonchev–Trinajstić information content (AvgIpc) is 2.61. The summed E-state index contributed by atoms with van der Waals surface area (Å²) in [5, 5.41) is 0. The van der Waals surface area contributed by atoms with Gasteiger partial charge in [-0.1, -0.05) is 55.2 Å². The van der Waals surface area contributed by atoms with Gasteiger partial charge in [0.05, 0.1) is 7.11 Å². The van der Waals surface area contributed by atoms with Crippen molar-refractivity contribution >= 4 is 11.8 Å². The minimum atomic E-state index is -0.371. The summed E-state index contributed by atoms with van der Waals surface area (Å²) in [6.07, 6.45) is 8.98. The number of benzene rings is 1. The van der Waals surface area contributed by atoms with Gasteiger partial charge in [-0.05, 0) is 31.2 Å². The van der Waals surface area contributed by atoms with E-state index in [4.69, 9.17) is 4.74 Å². The van der Waals surface area contributed by atoms with Crippen LogP contribution < -0.4 is 0 Å². The Kier molecular flexibility index (Phi) is 7.05. The van der Waals surface area contributed by atoms with E-state index in [0.29, 0.717) is 6.42 Å². The summed E-state index contributed by atoms with van der Waals surface area (Å²) < 4.78 is 4.73. The number of carbonyl (C=O) groups is 2. The molecule has 0 aromatic heterocycles. The lowest BCUT2D eigenvalue weighted by Crippen LogP contribution is -2.18. The molecule has 0 saturated heterocycles. The molecule has 0 atom stereocenters. The molecule has 1 aromatic carbocycles. The molecule has 0 spiro atoms. The van der Waals surface area contributed by atoms with E-state index in [9.17, 15) is 9.59 Å². The Labute approximate surface area is 138 Å². The number of aryl methyl sites for hydroxylation is 1. The topological polar surface area (TPSA) is 43.4 Å². The van der Waals surface area contributed by atoms with Crippen molar-refractivity contribution in [2.24, 2.45) is 5.92 Å². The largest absolute Gasteiger partial charge is 0.466 e. The minimum Gasteiger partial charge on any atom is -0.466 e. The molecule has 0 bridgehead atoms. The molecule has 124 valence electrons. The van der Waals surface area contributed by atoms with E-state index in [1.807, 2.05) is 18.2 Å². The van der Waals surface area contributed by atoms with Crippen LogP contribution in [0.25, 0.3) is 0 Å². The molecule has 3 heteroatoms. The van der Waals surface area contributed by atoms with E-state index in [2.05, 4.69) is 12.1 Å².